The Hall–Kier alpha value is -1.31. The minimum Gasteiger partial charge on any atom is -0.478 e. The van der Waals surface area contributed by atoms with Gasteiger partial charge < -0.3 is 15.7 Å². The minimum absolute atomic E-state index is 0.0622. The molecule has 0 aliphatic carbocycles. The second-order valence-corrected chi connectivity index (χ2v) is 6.10. The Morgan fingerprint density at radius 1 is 1.35 bits per heavy atom. The van der Waals surface area contributed by atoms with Crippen molar-refractivity contribution in [3.05, 3.63) is 27.3 Å². The van der Waals surface area contributed by atoms with Crippen LogP contribution < -0.4 is 10.6 Å². The molecular weight excluding hydrogens is 371 g/mol. The second kappa shape index (κ2) is 7.47. The van der Waals surface area contributed by atoms with E-state index in [1.165, 1.54) is 6.07 Å². The predicted molar refractivity (Wildman–Crippen MR) is 87.2 cm³/mol. The molecule has 0 aliphatic heterocycles. The fourth-order valence-electron chi connectivity index (χ4n) is 1.87. The van der Waals surface area contributed by atoms with Crippen molar-refractivity contribution < 1.29 is 14.7 Å². The summed E-state index contributed by atoms with van der Waals surface area (Å²) < 4.78 is 0.805. The van der Waals surface area contributed by atoms with E-state index in [1.54, 1.807) is 12.1 Å². The highest BCUT2D eigenvalue weighted by Gasteiger charge is 2.16. The SMILES string of the molecule is CCC(NC(=O)Nc1ccc(I)cc1C(=O)O)C(C)C. The normalized spacial score (nSPS) is 12.1. The summed E-state index contributed by atoms with van der Waals surface area (Å²) in [5, 5.41) is 14.6. The quantitative estimate of drug-likeness (QED) is 0.673. The van der Waals surface area contributed by atoms with Crippen molar-refractivity contribution in [2.75, 3.05) is 5.32 Å². The van der Waals surface area contributed by atoms with E-state index in [-0.39, 0.29) is 17.6 Å². The molecule has 1 unspecified atom stereocenters. The number of halogens is 1. The number of urea groups is 1. The van der Waals surface area contributed by atoms with E-state index < -0.39 is 5.97 Å². The van der Waals surface area contributed by atoms with Gasteiger partial charge in [-0.05, 0) is 53.1 Å². The Morgan fingerprint density at radius 3 is 2.50 bits per heavy atom. The third kappa shape index (κ3) is 4.66. The molecule has 0 aromatic heterocycles. The van der Waals surface area contributed by atoms with E-state index in [1.807, 2.05) is 43.4 Å². The molecule has 0 fully saturated rings. The van der Waals surface area contributed by atoms with E-state index in [2.05, 4.69) is 10.6 Å². The number of amides is 2. The van der Waals surface area contributed by atoms with Gasteiger partial charge in [-0.25, -0.2) is 9.59 Å². The van der Waals surface area contributed by atoms with Gasteiger partial charge in [0.1, 0.15) is 0 Å². The number of rotatable bonds is 5. The summed E-state index contributed by atoms with van der Waals surface area (Å²) >= 11 is 2.03. The summed E-state index contributed by atoms with van der Waals surface area (Å²) in [5.74, 6) is -0.740. The van der Waals surface area contributed by atoms with Crippen molar-refractivity contribution in [2.45, 2.75) is 33.2 Å². The lowest BCUT2D eigenvalue weighted by Gasteiger charge is -2.21. The highest BCUT2D eigenvalue weighted by atomic mass is 127. The van der Waals surface area contributed by atoms with Gasteiger partial charge >= 0.3 is 12.0 Å². The molecule has 6 heteroatoms. The number of carboxylic acid groups (broad SMARTS) is 1. The third-order valence-corrected chi connectivity index (χ3v) is 3.69. The fraction of sp³-hybridized carbons (Fsp3) is 0.429. The van der Waals surface area contributed by atoms with Crippen molar-refractivity contribution in [1.82, 2.24) is 5.32 Å². The van der Waals surface area contributed by atoms with Crippen molar-refractivity contribution in [3.63, 3.8) is 0 Å². The molecule has 20 heavy (non-hydrogen) atoms. The summed E-state index contributed by atoms with van der Waals surface area (Å²) in [6, 6.07) is 4.56. The zero-order chi connectivity index (χ0) is 15.3. The number of aromatic carboxylic acids is 1. The summed E-state index contributed by atoms with van der Waals surface area (Å²) in [5.41, 5.74) is 0.388. The molecular formula is C14H19IN2O3. The lowest BCUT2D eigenvalue weighted by molar-refractivity contribution is 0.0698. The van der Waals surface area contributed by atoms with Gasteiger partial charge in [-0.3, -0.25) is 0 Å². The van der Waals surface area contributed by atoms with Crippen LogP contribution in [0.4, 0.5) is 10.5 Å². The first-order valence-corrected chi connectivity index (χ1v) is 7.53. The molecule has 1 aromatic rings. The number of carbonyl (C=O) groups excluding carboxylic acids is 1. The number of benzene rings is 1. The number of nitrogens with one attached hydrogen (secondary N) is 2. The summed E-state index contributed by atoms with van der Waals surface area (Å²) in [7, 11) is 0. The Morgan fingerprint density at radius 2 is 2.00 bits per heavy atom. The second-order valence-electron chi connectivity index (χ2n) is 4.85. The summed E-state index contributed by atoms with van der Waals surface area (Å²) in [4.78, 5) is 23.1. The lowest BCUT2D eigenvalue weighted by Crippen LogP contribution is -2.40. The maximum atomic E-state index is 11.9. The predicted octanol–water partition coefficient (Wildman–Crippen LogP) is 3.55. The Kier molecular flexibility index (Phi) is 6.25. The smallest absolute Gasteiger partial charge is 0.337 e. The highest BCUT2D eigenvalue weighted by molar-refractivity contribution is 14.1. The van der Waals surface area contributed by atoms with Crippen LogP contribution in [-0.4, -0.2) is 23.1 Å². The highest BCUT2D eigenvalue weighted by Crippen LogP contribution is 2.19. The summed E-state index contributed by atoms with van der Waals surface area (Å²) in [6.07, 6.45) is 0.823. The maximum Gasteiger partial charge on any atom is 0.337 e. The molecule has 110 valence electrons. The van der Waals surface area contributed by atoms with Crippen LogP contribution in [0.25, 0.3) is 0 Å². The molecule has 0 aliphatic rings. The van der Waals surface area contributed by atoms with Gasteiger partial charge in [0.2, 0.25) is 0 Å². The maximum absolute atomic E-state index is 11.9. The first-order valence-electron chi connectivity index (χ1n) is 6.45. The van der Waals surface area contributed by atoms with E-state index in [4.69, 9.17) is 5.11 Å². The Bertz CT molecular complexity index is 503. The molecule has 5 nitrogen and oxygen atoms in total. The van der Waals surface area contributed by atoms with E-state index in [0.29, 0.717) is 11.6 Å². The third-order valence-electron chi connectivity index (χ3n) is 3.02. The Balaban J connectivity index is 2.83. The van der Waals surface area contributed by atoms with Gasteiger partial charge in [0.05, 0.1) is 11.3 Å². The number of carboxylic acids is 1. The van der Waals surface area contributed by atoms with Gasteiger partial charge in [-0.1, -0.05) is 20.8 Å². The Labute approximate surface area is 132 Å². The average molecular weight is 390 g/mol. The summed E-state index contributed by atoms with van der Waals surface area (Å²) in [6.45, 7) is 6.06. The molecule has 0 bridgehead atoms. The van der Waals surface area contributed by atoms with E-state index >= 15 is 0 Å². The van der Waals surface area contributed by atoms with Crippen LogP contribution in [0.15, 0.2) is 18.2 Å². The minimum atomic E-state index is -1.06. The van der Waals surface area contributed by atoms with Crippen molar-refractivity contribution in [1.29, 1.82) is 0 Å². The van der Waals surface area contributed by atoms with Crippen LogP contribution >= 0.6 is 22.6 Å². The first kappa shape index (κ1) is 16.7. The zero-order valence-electron chi connectivity index (χ0n) is 11.7. The average Bonchev–Trinajstić information content (AvgIpc) is 2.37. The number of carbonyl (C=O) groups is 2. The molecule has 0 heterocycles. The van der Waals surface area contributed by atoms with Crippen LogP contribution in [0.3, 0.4) is 0 Å². The molecule has 1 aromatic carbocycles. The molecule has 0 saturated heterocycles. The number of hydrogen-bond acceptors (Lipinski definition) is 2. The van der Waals surface area contributed by atoms with Crippen LogP contribution in [0.5, 0.6) is 0 Å². The molecule has 0 radical (unpaired) electrons. The van der Waals surface area contributed by atoms with Crippen LogP contribution in [-0.2, 0) is 0 Å². The van der Waals surface area contributed by atoms with Crippen LogP contribution in [0, 0.1) is 9.49 Å². The molecule has 1 atom stereocenters. The monoisotopic (exact) mass is 390 g/mol. The molecule has 1 rings (SSSR count). The first-order chi connectivity index (χ1) is 9.35. The molecule has 0 spiro atoms. The van der Waals surface area contributed by atoms with Crippen molar-refractivity contribution >= 4 is 40.3 Å². The molecule has 3 N–H and O–H groups in total. The number of hydrogen-bond donors (Lipinski definition) is 3. The van der Waals surface area contributed by atoms with E-state index in [0.717, 1.165) is 9.99 Å². The van der Waals surface area contributed by atoms with E-state index in [9.17, 15) is 9.59 Å². The topological polar surface area (TPSA) is 78.4 Å². The van der Waals surface area contributed by atoms with Crippen LogP contribution in [0.1, 0.15) is 37.6 Å². The van der Waals surface area contributed by atoms with Gasteiger partial charge in [-0.15, -0.1) is 0 Å². The van der Waals surface area contributed by atoms with Crippen LogP contribution in [0.2, 0.25) is 0 Å². The molecule has 0 saturated carbocycles. The van der Waals surface area contributed by atoms with Crippen molar-refractivity contribution in [2.24, 2.45) is 5.92 Å². The van der Waals surface area contributed by atoms with Gasteiger partial charge in [-0.2, -0.15) is 0 Å². The number of anilines is 1. The fourth-order valence-corrected chi connectivity index (χ4v) is 2.36. The van der Waals surface area contributed by atoms with Gasteiger partial charge in [0.15, 0.2) is 0 Å². The zero-order valence-corrected chi connectivity index (χ0v) is 13.9. The molecule has 2 amide bonds. The largest absolute Gasteiger partial charge is 0.478 e. The standard InChI is InChI=1S/C14H19IN2O3/c1-4-11(8(2)3)16-14(20)17-12-6-5-9(15)7-10(12)13(18)19/h5-8,11H,4H2,1-3H3,(H,18,19)(H2,16,17,20). The van der Waals surface area contributed by atoms with Gasteiger partial charge in [0.25, 0.3) is 0 Å². The van der Waals surface area contributed by atoms with Crippen molar-refractivity contribution in [3.8, 4) is 0 Å². The lowest BCUT2D eigenvalue weighted by atomic mass is 10.0. The van der Waals surface area contributed by atoms with Gasteiger partial charge in [0, 0.05) is 9.61 Å².